The molecule has 1 aromatic rings. The van der Waals surface area contributed by atoms with E-state index in [2.05, 4.69) is 9.47 Å². The fourth-order valence-corrected chi connectivity index (χ4v) is 3.09. The van der Waals surface area contributed by atoms with Crippen LogP contribution in [0, 0.1) is 17.0 Å². The van der Waals surface area contributed by atoms with E-state index in [9.17, 15) is 30.7 Å². The fourth-order valence-electron chi connectivity index (χ4n) is 3.09. The zero-order valence-electron chi connectivity index (χ0n) is 15.5. The second-order valence-electron chi connectivity index (χ2n) is 6.97. The van der Waals surface area contributed by atoms with Crippen LogP contribution in [0.3, 0.4) is 0 Å². The molecular weight excluding hydrogens is 429 g/mol. The summed E-state index contributed by atoms with van der Waals surface area (Å²) in [5, 5.41) is 0. The van der Waals surface area contributed by atoms with Crippen molar-refractivity contribution in [2.24, 2.45) is 5.41 Å². The van der Waals surface area contributed by atoms with Crippen molar-refractivity contribution in [3.05, 3.63) is 36.1 Å². The number of alkyl halides is 5. The molecule has 0 saturated carbocycles. The van der Waals surface area contributed by atoms with Gasteiger partial charge in [-0.15, -0.1) is 0 Å². The minimum atomic E-state index is -4.77. The molecule has 30 heavy (non-hydrogen) atoms. The summed E-state index contributed by atoms with van der Waals surface area (Å²) in [7, 11) is 0. The Morgan fingerprint density at radius 3 is 2.00 bits per heavy atom. The Morgan fingerprint density at radius 1 is 1.00 bits per heavy atom. The van der Waals surface area contributed by atoms with Gasteiger partial charge in [0.25, 0.3) is 0 Å². The van der Waals surface area contributed by atoms with Crippen LogP contribution in [-0.4, -0.2) is 38.1 Å². The molecule has 4 rings (SSSR count). The average molecular weight is 446 g/mol. The predicted molar refractivity (Wildman–Crippen MR) is 85.7 cm³/mol. The quantitative estimate of drug-likeness (QED) is 0.440. The molecule has 12 heteroatoms. The van der Waals surface area contributed by atoms with Crippen molar-refractivity contribution in [1.29, 1.82) is 0 Å². The van der Waals surface area contributed by atoms with Crippen molar-refractivity contribution < 1.29 is 54.4 Å². The molecule has 0 spiro atoms. The third-order valence-electron chi connectivity index (χ3n) is 4.50. The van der Waals surface area contributed by atoms with Gasteiger partial charge in [0.05, 0.1) is 32.2 Å². The van der Waals surface area contributed by atoms with Crippen LogP contribution in [0.15, 0.2) is 24.5 Å². The first-order valence-electron chi connectivity index (χ1n) is 8.80. The number of fused-ring (bicyclic) bond motifs is 3. The highest BCUT2D eigenvalue weighted by Crippen LogP contribution is 2.48. The van der Waals surface area contributed by atoms with Gasteiger partial charge in [0.2, 0.25) is 0 Å². The molecule has 3 heterocycles. The monoisotopic (exact) mass is 446 g/mol. The summed E-state index contributed by atoms with van der Waals surface area (Å²) in [6.45, 7) is 1.65. The first-order chi connectivity index (χ1) is 13.9. The van der Waals surface area contributed by atoms with E-state index in [1.54, 1.807) is 0 Å². The highest BCUT2D eigenvalue weighted by Gasteiger charge is 2.68. The number of hydrogen-bond donors (Lipinski definition) is 0. The van der Waals surface area contributed by atoms with Gasteiger partial charge in [-0.05, 0) is 6.42 Å². The molecule has 0 atom stereocenters. The van der Waals surface area contributed by atoms with Crippen molar-refractivity contribution in [1.82, 2.24) is 0 Å². The van der Waals surface area contributed by atoms with Crippen LogP contribution in [0.5, 0.6) is 11.5 Å². The van der Waals surface area contributed by atoms with Crippen LogP contribution in [0.25, 0.3) is 0 Å². The summed E-state index contributed by atoms with van der Waals surface area (Å²) >= 11 is 0. The zero-order chi connectivity index (χ0) is 22.2. The van der Waals surface area contributed by atoms with Gasteiger partial charge < -0.3 is 23.7 Å². The average Bonchev–Trinajstić information content (AvgIpc) is 2.64. The van der Waals surface area contributed by atoms with Gasteiger partial charge in [0.1, 0.15) is 5.75 Å². The maximum absolute atomic E-state index is 14.7. The van der Waals surface area contributed by atoms with Gasteiger partial charge in [-0.25, -0.2) is 8.78 Å². The lowest BCUT2D eigenvalue weighted by Crippen LogP contribution is -2.68. The van der Waals surface area contributed by atoms with Gasteiger partial charge in [-0.2, -0.15) is 22.0 Å². The third-order valence-corrected chi connectivity index (χ3v) is 4.50. The molecule has 3 saturated heterocycles. The molecule has 2 bridgehead atoms. The van der Waals surface area contributed by atoms with Crippen LogP contribution in [-0.2, 0) is 14.2 Å². The van der Waals surface area contributed by atoms with E-state index in [1.165, 1.54) is 0 Å². The van der Waals surface area contributed by atoms with E-state index >= 15 is 0 Å². The molecule has 1 aromatic carbocycles. The van der Waals surface area contributed by atoms with Gasteiger partial charge in [-0.3, -0.25) is 0 Å². The van der Waals surface area contributed by atoms with E-state index in [0.717, 1.165) is 6.42 Å². The molecule has 3 aliphatic heterocycles. The van der Waals surface area contributed by atoms with Crippen LogP contribution < -0.4 is 9.47 Å². The van der Waals surface area contributed by atoms with E-state index < -0.39 is 52.9 Å². The first kappa shape index (κ1) is 22.6. The minimum absolute atomic E-state index is 0.0116. The lowest BCUT2D eigenvalue weighted by atomic mass is 9.84. The second-order valence-corrected chi connectivity index (χ2v) is 6.97. The molecule has 0 aromatic heterocycles. The lowest BCUT2D eigenvalue weighted by Gasteiger charge is -2.52. The third kappa shape index (κ3) is 4.49. The van der Waals surface area contributed by atoms with Gasteiger partial charge >= 0.3 is 18.3 Å². The maximum atomic E-state index is 14.7. The van der Waals surface area contributed by atoms with Gasteiger partial charge in [0.15, 0.2) is 17.4 Å². The topological polar surface area (TPSA) is 46.2 Å². The zero-order valence-corrected chi connectivity index (χ0v) is 15.5. The van der Waals surface area contributed by atoms with Crippen LogP contribution >= 0.6 is 0 Å². The smallest absolute Gasteiger partial charge is 0.459 e. The Kier molecular flexibility index (Phi) is 5.95. The SMILES string of the molecule is CCCC12COC(C(F)(F)Oc3cc(F)c(OC=CC(F)(F)F)c(F)c3)(OC1)OC2. The van der Waals surface area contributed by atoms with Crippen molar-refractivity contribution >= 4 is 0 Å². The lowest BCUT2D eigenvalue weighted by molar-refractivity contribution is -0.548. The predicted octanol–water partition coefficient (Wildman–Crippen LogP) is 4.91. The summed E-state index contributed by atoms with van der Waals surface area (Å²) in [4.78, 5) is 0. The Bertz CT molecular complexity index is 761. The molecule has 3 aliphatic rings. The molecule has 0 unspecified atom stereocenters. The molecule has 0 aliphatic carbocycles. The van der Waals surface area contributed by atoms with Crippen molar-refractivity contribution in [3.63, 3.8) is 0 Å². The molecule has 0 radical (unpaired) electrons. The molecule has 168 valence electrons. The van der Waals surface area contributed by atoms with E-state index in [0.29, 0.717) is 18.6 Å². The van der Waals surface area contributed by atoms with Crippen LogP contribution in [0.4, 0.5) is 30.7 Å². The van der Waals surface area contributed by atoms with Gasteiger partial charge in [0, 0.05) is 17.5 Å². The fraction of sp³-hybridized carbons (Fsp3) is 0.556. The van der Waals surface area contributed by atoms with E-state index in [1.807, 2.05) is 6.92 Å². The molecule has 3 fully saturated rings. The second kappa shape index (κ2) is 7.89. The van der Waals surface area contributed by atoms with Crippen molar-refractivity contribution in [2.45, 2.75) is 38.0 Å². The summed E-state index contributed by atoms with van der Waals surface area (Å²) < 4.78 is 117. The summed E-state index contributed by atoms with van der Waals surface area (Å²) in [6.07, 6.45) is -8.09. The Hall–Kier alpha value is -2.05. The molecular formula is C18H17F7O5. The van der Waals surface area contributed by atoms with Crippen LogP contribution in [0.2, 0.25) is 0 Å². The summed E-state index contributed by atoms with van der Waals surface area (Å²) in [6, 6.07) is 0.634. The number of halogens is 7. The summed E-state index contributed by atoms with van der Waals surface area (Å²) in [5.41, 5.74) is -0.562. The highest BCUT2D eigenvalue weighted by molar-refractivity contribution is 5.35. The standard InChI is InChI=1S/C18H17F7O5/c1-2-3-15-8-27-18(28-9-15,29-10-15)17(24,25)30-11-6-12(19)14(13(20)7-11)26-5-4-16(21,22)23/h4-7H,2-3,8-10H2,1H3. The normalized spacial score (nSPS) is 26.9. The number of rotatable bonds is 7. The number of benzene rings is 1. The molecule has 5 nitrogen and oxygen atoms in total. The number of allylic oxidation sites excluding steroid dienone is 1. The Morgan fingerprint density at radius 2 is 1.53 bits per heavy atom. The first-order valence-corrected chi connectivity index (χ1v) is 8.80. The van der Waals surface area contributed by atoms with Crippen molar-refractivity contribution in [2.75, 3.05) is 19.8 Å². The minimum Gasteiger partial charge on any atom is -0.459 e. The Balaban J connectivity index is 1.74. The van der Waals surface area contributed by atoms with Crippen LogP contribution in [0.1, 0.15) is 19.8 Å². The van der Waals surface area contributed by atoms with E-state index in [-0.39, 0.29) is 26.1 Å². The number of ether oxygens (including phenoxy) is 5. The van der Waals surface area contributed by atoms with Gasteiger partial charge in [-0.1, -0.05) is 13.3 Å². The highest BCUT2D eigenvalue weighted by atomic mass is 19.4. The molecule has 0 amide bonds. The maximum Gasteiger partial charge on any atom is 0.484 e. The number of hydrogen-bond acceptors (Lipinski definition) is 5. The Labute approximate surface area is 166 Å². The van der Waals surface area contributed by atoms with E-state index in [4.69, 9.17) is 14.2 Å². The largest absolute Gasteiger partial charge is 0.484 e. The summed E-state index contributed by atoms with van der Waals surface area (Å²) in [5.74, 6) is -8.24. The van der Waals surface area contributed by atoms with Crippen molar-refractivity contribution in [3.8, 4) is 11.5 Å². The molecule has 0 N–H and O–H groups in total.